The van der Waals surface area contributed by atoms with Crippen molar-refractivity contribution in [2.45, 2.75) is 6.42 Å². The van der Waals surface area contributed by atoms with E-state index in [1.54, 1.807) is 0 Å². The second kappa shape index (κ2) is 5.39. The molecule has 0 N–H and O–H groups in total. The lowest BCUT2D eigenvalue weighted by Crippen LogP contribution is -3.00. The molecule has 0 bridgehead atoms. The van der Waals surface area contributed by atoms with E-state index in [9.17, 15) is 0 Å². The van der Waals surface area contributed by atoms with Gasteiger partial charge >= 0.3 is 0 Å². The summed E-state index contributed by atoms with van der Waals surface area (Å²) >= 11 is 5.59. The third-order valence-corrected chi connectivity index (χ3v) is 1.70. The van der Waals surface area contributed by atoms with E-state index >= 15 is 0 Å². The van der Waals surface area contributed by atoms with Crippen LogP contribution in [0.3, 0.4) is 0 Å². The zero-order valence-corrected chi connectivity index (χ0v) is 7.94. The molecule has 0 aliphatic carbocycles. The fourth-order valence-electron chi connectivity index (χ4n) is 0.915. The van der Waals surface area contributed by atoms with Gasteiger partial charge in [-0.1, -0.05) is 6.07 Å². The summed E-state index contributed by atoms with van der Waals surface area (Å²) in [6, 6.07) is 6.13. The molecular formula is C8H11Cl2N. The van der Waals surface area contributed by atoms with Crippen molar-refractivity contribution in [1.29, 1.82) is 0 Å². The quantitative estimate of drug-likeness (QED) is 0.388. The number of halogens is 2. The highest BCUT2D eigenvalue weighted by Gasteiger charge is 2.01. The van der Waals surface area contributed by atoms with E-state index in [1.165, 1.54) is 5.69 Å². The second-order valence-corrected chi connectivity index (χ2v) is 2.62. The van der Waals surface area contributed by atoms with E-state index in [4.69, 9.17) is 11.6 Å². The molecule has 0 fully saturated rings. The van der Waals surface area contributed by atoms with Crippen LogP contribution in [0.25, 0.3) is 0 Å². The van der Waals surface area contributed by atoms with Crippen molar-refractivity contribution in [3.8, 4) is 0 Å². The summed E-state index contributed by atoms with van der Waals surface area (Å²) in [5, 5.41) is 0. The summed E-state index contributed by atoms with van der Waals surface area (Å²) in [5.74, 6) is 0.692. The lowest BCUT2D eigenvalue weighted by Gasteiger charge is -1.93. The molecule has 11 heavy (non-hydrogen) atoms. The summed E-state index contributed by atoms with van der Waals surface area (Å²) in [5.41, 5.74) is 1.28. The molecule has 1 rings (SSSR count). The molecule has 3 heteroatoms. The van der Waals surface area contributed by atoms with Crippen LogP contribution in [0.2, 0.25) is 0 Å². The number of hydrogen-bond acceptors (Lipinski definition) is 0. The largest absolute Gasteiger partial charge is 1.00 e. The molecule has 1 aromatic heterocycles. The lowest BCUT2D eigenvalue weighted by molar-refractivity contribution is -0.679. The van der Waals surface area contributed by atoms with E-state index in [0.29, 0.717) is 5.88 Å². The molecule has 0 aliphatic rings. The van der Waals surface area contributed by atoms with Gasteiger partial charge in [-0.25, -0.2) is 4.57 Å². The van der Waals surface area contributed by atoms with Crippen molar-refractivity contribution in [3.05, 3.63) is 30.1 Å². The molecule has 0 aromatic carbocycles. The highest BCUT2D eigenvalue weighted by molar-refractivity contribution is 6.17. The molecule has 0 saturated carbocycles. The van der Waals surface area contributed by atoms with Gasteiger partial charge in [0.05, 0.1) is 0 Å². The Kier molecular flexibility index (Phi) is 5.26. The number of rotatable bonds is 2. The fourth-order valence-corrected chi connectivity index (χ4v) is 1.11. The maximum atomic E-state index is 5.59. The van der Waals surface area contributed by atoms with Crippen molar-refractivity contribution < 1.29 is 17.0 Å². The smallest absolute Gasteiger partial charge is 0.182 e. The van der Waals surface area contributed by atoms with Crippen LogP contribution in [-0.2, 0) is 13.5 Å². The standard InChI is InChI=1S/C8H11ClN.ClH/c1-10-7-3-2-4-8(10)5-6-9;/h2-4,7H,5-6H2,1H3;1H/q+1;/p-1. The summed E-state index contributed by atoms with van der Waals surface area (Å²) in [6.45, 7) is 0. The van der Waals surface area contributed by atoms with E-state index in [0.717, 1.165) is 6.42 Å². The van der Waals surface area contributed by atoms with Crippen LogP contribution in [-0.4, -0.2) is 5.88 Å². The highest BCUT2D eigenvalue weighted by Crippen LogP contribution is 1.92. The number of hydrogen-bond donors (Lipinski definition) is 0. The number of aromatic nitrogens is 1. The van der Waals surface area contributed by atoms with Crippen LogP contribution in [0.1, 0.15) is 5.69 Å². The van der Waals surface area contributed by atoms with Crippen LogP contribution < -0.4 is 17.0 Å². The van der Waals surface area contributed by atoms with Gasteiger partial charge in [-0.3, -0.25) is 0 Å². The Bertz CT molecular complexity index is 213. The molecule has 0 aliphatic heterocycles. The van der Waals surface area contributed by atoms with Crippen LogP contribution in [0.5, 0.6) is 0 Å². The van der Waals surface area contributed by atoms with Crippen LogP contribution in [0.15, 0.2) is 24.4 Å². The Morgan fingerprint density at radius 3 is 2.73 bits per heavy atom. The Hall–Kier alpha value is -0.270. The summed E-state index contributed by atoms with van der Waals surface area (Å²) in [7, 11) is 2.03. The van der Waals surface area contributed by atoms with E-state index < -0.39 is 0 Å². The second-order valence-electron chi connectivity index (χ2n) is 2.24. The van der Waals surface area contributed by atoms with Gasteiger partial charge in [-0.15, -0.1) is 11.6 Å². The average Bonchev–Trinajstić information content (AvgIpc) is 1.94. The lowest BCUT2D eigenvalue weighted by atomic mass is 10.3. The van der Waals surface area contributed by atoms with E-state index in [-0.39, 0.29) is 12.4 Å². The van der Waals surface area contributed by atoms with Crippen molar-refractivity contribution in [3.63, 3.8) is 0 Å². The molecule has 0 unspecified atom stereocenters. The Morgan fingerprint density at radius 1 is 1.45 bits per heavy atom. The van der Waals surface area contributed by atoms with Crippen LogP contribution in [0.4, 0.5) is 0 Å². The molecule has 0 saturated heterocycles. The third-order valence-electron chi connectivity index (χ3n) is 1.51. The molecular weight excluding hydrogens is 181 g/mol. The predicted octanol–water partition coefficient (Wildman–Crippen LogP) is -1.70. The summed E-state index contributed by atoms with van der Waals surface area (Å²) in [6.07, 6.45) is 2.97. The maximum Gasteiger partial charge on any atom is 0.182 e. The topological polar surface area (TPSA) is 3.88 Å². The van der Waals surface area contributed by atoms with Crippen molar-refractivity contribution in [2.75, 3.05) is 5.88 Å². The van der Waals surface area contributed by atoms with Crippen LogP contribution >= 0.6 is 11.6 Å². The Morgan fingerprint density at radius 2 is 2.18 bits per heavy atom. The van der Waals surface area contributed by atoms with Crippen molar-refractivity contribution in [2.24, 2.45) is 7.05 Å². The molecule has 0 atom stereocenters. The van der Waals surface area contributed by atoms with Gasteiger partial charge in [-0.05, 0) is 0 Å². The highest BCUT2D eigenvalue weighted by atomic mass is 35.5. The molecule has 1 aromatic rings. The predicted molar refractivity (Wildman–Crippen MR) is 42.0 cm³/mol. The minimum absolute atomic E-state index is 0. The average molecular weight is 192 g/mol. The minimum Gasteiger partial charge on any atom is -1.00 e. The maximum absolute atomic E-state index is 5.59. The number of pyridine rings is 1. The first-order chi connectivity index (χ1) is 4.84. The third kappa shape index (κ3) is 3.08. The molecule has 1 heterocycles. The van der Waals surface area contributed by atoms with E-state index in [2.05, 4.69) is 10.6 Å². The fraction of sp³-hybridized carbons (Fsp3) is 0.375. The summed E-state index contributed by atoms with van der Waals surface area (Å²) < 4.78 is 2.09. The first-order valence-corrected chi connectivity index (χ1v) is 3.87. The van der Waals surface area contributed by atoms with Gasteiger partial charge in [0.25, 0.3) is 0 Å². The van der Waals surface area contributed by atoms with E-state index in [1.807, 2.05) is 25.4 Å². The van der Waals surface area contributed by atoms with Gasteiger partial charge in [-0.2, -0.15) is 0 Å². The molecule has 1 nitrogen and oxygen atoms in total. The molecule has 0 radical (unpaired) electrons. The van der Waals surface area contributed by atoms with Gasteiger partial charge in [0.1, 0.15) is 7.05 Å². The number of alkyl halides is 1. The number of nitrogens with zero attached hydrogens (tertiary/aromatic N) is 1. The minimum atomic E-state index is 0. The zero-order chi connectivity index (χ0) is 7.40. The van der Waals surface area contributed by atoms with Gasteiger partial charge in [0.2, 0.25) is 0 Å². The van der Waals surface area contributed by atoms with Crippen molar-refractivity contribution >= 4 is 11.6 Å². The van der Waals surface area contributed by atoms with Gasteiger partial charge in [0.15, 0.2) is 11.9 Å². The van der Waals surface area contributed by atoms with Crippen LogP contribution in [0, 0.1) is 0 Å². The zero-order valence-electron chi connectivity index (χ0n) is 6.43. The molecule has 0 amide bonds. The first-order valence-electron chi connectivity index (χ1n) is 3.34. The van der Waals surface area contributed by atoms with Gasteiger partial charge < -0.3 is 12.4 Å². The Labute approximate surface area is 78.4 Å². The molecule has 62 valence electrons. The normalized spacial score (nSPS) is 8.91. The Balaban J connectivity index is 0.000001000. The SMILES string of the molecule is C[n+]1ccccc1CCCl.[Cl-]. The van der Waals surface area contributed by atoms with Crippen molar-refractivity contribution in [1.82, 2.24) is 0 Å². The van der Waals surface area contributed by atoms with Gasteiger partial charge in [0, 0.05) is 24.4 Å². The number of aryl methyl sites for hydroxylation is 2. The summed E-state index contributed by atoms with van der Waals surface area (Å²) in [4.78, 5) is 0. The first kappa shape index (κ1) is 10.7. The molecule has 0 spiro atoms. The monoisotopic (exact) mass is 191 g/mol.